The number of rotatable bonds is 1. The third kappa shape index (κ3) is 1.65. The Balaban J connectivity index is 1.92. The molecule has 0 radical (unpaired) electrons. The van der Waals surface area contributed by atoms with Gasteiger partial charge in [-0.1, -0.05) is 6.92 Å². The summed E-state index contributed by atoms with van der Waals surface area (Å²) in [5.41, 5.74) is 5.85. The fourth-order valence-corrected chi connectivity index (χ4v) is 2.72. The zero-order valence-corrected chi connectivity index (χ0v) is 9.07. The van der Waals surface area contributed by atoms with Gasteiger partial charge in [-0.2, -0.15) is 0 Å². The van der Waals surface area contributed by atoms with Crippen LogP contribution >= 0.6 is 0 Å². The molecule has 2 aliphatic rings. The molecule has 80 valence electrons. The first-order chi connectivity index (χ1) is 6.58. The number of carbonyl (C=O) groups excluding carboxylic acids is 1. The van der Waals surface area contributed by atoms with E-state index in [-0.39, 0.29) is 6.04 Å². The Hall–Kier alpha value is -0.570. The summed E-state index contributed by atoms with van der Waals surface area (Å²) in [5, 5.41) is 0. The molecule has 0 bridgehead atoms. The van der Waals surface area contributed by atoms with E-state index in [0.717, 1.165) is 31.7 Å². The lowest BCUT2D eigenvalue weighted by Crippen LogP contribution is -2.43. The number of likely N-dealkylation sites (tertiary alicyclic amines) is 1. The number of nitrogens with zero attached hydrogens (tertiary/aromatic N) is 1. The molecular formula is C11H20N2O. The normalized spacial score (nSPS) is 42.4. The SMILES string of the molecule is CC1CC(C(=O)N2CC(N)CC2C)C1. The van der Waals surface area contributed by atoms with Gasteiger partial charge in [0, 0.05) is 24.5 Å². The van der Waals surface area contributed by atoms with Gasteiger partial charge < -0.3 is 10.6 Å². The van der Waals surface area contributed by atoms with Gasteiger partial charge in [-0.3, -0.25) is 4.79 Å². The lowest BCUT2D eigenvalue weighted by Gasteiger charge is -2.35. The number of hydrogen-bond acceptors (Lipinski definition) is 2. The number of amides is 1. The molecule has 1 heterocycles. The Kier molecular flexibility index (Phi) is 2.52. The second-order valence-corrected chi connectivity index (χ2v) is 5.11. The van der Waals surface area contributed by atoms with Crippen LogP contribution in [0.4, 0.5) is 0 Å². The zero-order valence-electron chi connectivity index (χ0n) is 9.07. The van der Waals surface area contributed by atoms with Gasteiger partial charge in [0.15, 0.2) is 0 Å². The van der Waals surface area contributed by atoms with Crippen molar-refractivity contribution < 1.29 is 4.79 Å². The molecule has 3 nitrogen and oxygen atoms in total. The van der Waals surface area contributed by atoms with Gasteiger partial charge in [0.1, 0.15) is 0 Å². The molecule has 2 atom stereocenters. The fourth-order valence-electron chi connectivity index (χ4n) is 2.72. The van der Waals surface area contributed by atoms with Gasteiger partial charge >= 0.3 is 0 Å². The molecule has 2 N–H and O–H groups in total. The van der Waals surface area contributed by atoms with E-state index in [1.54, 1.807) is 0 Å². The van der Waals surface area contributed by atoms with Crippen molar-refractivity contribution in [1.82, 2.24) is 4.90 Å². The Morgan fingerprint density at radius 3 is 2.36 bits per heavy atom. The Morgan fingerprint density at radius 2 is 1.93 bits per heavy atom. The van der Waals surface area contributed by atoms with Gasteiger partial charge in [0.05, 0.1) is 0 Å². The molecule has 3 heteroatoms. The number of carbonyl (C=O) groups is 1. The number of hydrogen-bond donors (Lipinski definition) is 1. The third-order valence-corrected chi connectivity index (χ3v) is 3.61. The lowest BCUT2D eigenvalue weighted by molar-refractivity contribution is -0.140. The van der Waals surface area contributed by atoms with E-state index >= 15 is 0 Å². The van der Waals surface area contributed by atoms with Crippen LogP contribution < -0.4 is 5.73 Å². The van der Waals surface area contributed by atoms with Crippen molar-refractivity contribution in [2.75, 3.05) is 6.54 Å². The maximum absolute atomic E-state index is 12.0. The summed E-state index contributed by atoms with van der Waals surface area (Å²) < 4.78 is 0. The van der Waals surface area contributed by atoms with Crippen LogP contribution in [0.3, 0.4) is 0 Å². The molecule has 1 aliphatic carbocycles. The minimum absolute atomic E-state index is 0.200. The smallest absolute Gasteiger partial charge is 0.225 e. The van der Waals surface area contributed by atoms with E-state index in [4.69, 9.17) is 5.73 Å². The highest BCUT2D eigenvalue weighted by Crippen LogP contribution is 2.35. The van der Waals surface area contributed by atoms with Crippen molar-refractivity contribution in [3.8, 4) is 0 Å². The largest absolute Gasteiger partial charge is 0.338 e. The van der Waals surface area contributed by atoms with Crippen molar-refractivity contribution in [1.29, 1.82) is 0 Å². The maximum Gasteiger partial charge on any atom is 0.225 e. The molecule has 2 rings (SSSR count). The topological polar surface area (TPSA) is 46.3 Å². The van der Waals surface area contributed by atoms with Crippen LogP contribution in [-0.4, -0.2) is 29.4 Å². The highest BCUT2D eigenvalue weighted by molar-refractivity contribution is 5.80. The molecular weight excluding hydrogens is 176 g/mol. The van der Waals surface area contributed by atoms with Crippen LogP contribution in [-0.2, 0) is 4.79 Å². The highest BCUT2D eigenvalue weighted by atomic mass is 16.2. The van der Waals surface area contributed by atoms with Gasteiger partial charge in [0.2, 0.25) is 5.91 Å². The van der Waals surface area contributed by atoms with Gasteiger partial charge in [-0.25, -0.2) is 0 Å². The first-order valence-corrected chi connectivity index (χ1v) is 5.64. The van der Waals surface area contributed by atoms with E-state index in [0.29, 0.717) is 17.9 Å². The maximum atomic E-state index is 12.0. The van der Waals surface area contributed by atoms with Crippen LogP contribution in [0.1, 0.15) is 33.1 Å². The molecule has 0 aromatic rings. The molecule has 0 aromatic heterocycles. The molecule has 0 aromatic carbocycles. The van der Waals surface area contributed by atoms with Gasteiger partial charge in [0.25, 0.3) is 0 Å². The fraction of sp³-hybridized carbons (Fsp3) is 0.909. The first kappa shape index (κ1) is 9.97. The van der Waals surface area contributed by atoms with Crippen molar-refractivity contribution in [2.45, 2.75) is 45.2 Å². The van der Waals surface area contributed by atoms with Crippen molar-refractivity contribution in [2.24, 2.45) is 17.6 Å². The van der Waals surface area contributed by atoms with E-state index in [2.05, 4.69) is 13.8 Å². The predicted molar refractivity (Wildman–Crippen MR) is 55.7 cm³/mol. The summed E-state index contributed by atoms with van der Waals surface area (Å²) in [7, 11) is 0. The van der Waals surface area contributed by atoms with Gasteiger partial charge in [-0.15, -0.1) is 0 Å². The molecule has 1 amide bonds. The predicted octanol–water partition coefficient (Wildman–Crippen LogP) is 0.981. The summed E-state index contributed by atoms with van der Waals surface area (Å²) in [6.45, 7) is 5.08. The van der Waals surface area contributed by atoms with Crippen LogP contribution in [0.15, 0.2) is 0 Å². The van der Waals surface area contributed by atoms with Crippen molar-refractivity contribution in [3.05, 3.63) is 0 Å². The molecule has 0 spiro atoms. The van der Waals surface area contributed by atoms with Crippen LogP contribution in [0.2, 0.25) is 0 Å². The average molecular weight is 196 g/mol. The monoisotopic (exact) mass is 196 g/mol. The second kappa shape index (κ2) is 3.54. The zero-order chi connectivity index (χ0) is 10.3. The van der Waals surface area contributed by atoms with Crippen LogP contribution in [0, 0.1) is 11.8 Å². The Bertz CT molecular complexity index is 235. The lowest BCUT2D eigenvalue weighted by atomic mass is 9.75. The van der Waals surface area contributed by atoms with Crippen molar-refractivity contribution >= 4 is 5.91 Å². The molecule has 1 aliphatic heterocycles. The Morgan fingerprint density at radius 1 is 1.29 bits per heavy atom. The quantitative estimate of drug-likeness (QED) is 0.679. The number of nitrogens with two attached hydrogens (primary N) is 1. The molecule has 14 heavy (non-hydrogen) atoms. The van der Waals surface area contributed by atoms with E-state index in [9.17, 15) is 4.79 Å². The standard InChI is InChI=1S/C11H20N2O/c1-7-3-9(4-7)11(14)13-6-10(12)5-8(13)2/h7-10H,3-6,12H2,1-2H3. The summed E-state index contributed by atoms with van der Waals surface area (Å²) in [5.74, 6) is 1.40. The molecule has 1 saturated heterocycles. The van der Waals surface area contributed by atoms with Gasteiger partial charge in [-0.05, 0) is 32.1 Å². The highest BCUT2D eigenvalue weighted by Gasteiger charge is 2.38. The van der Waals surface area contributed by atoms with Crippen LogP contribution in [0.25, 0.3) is 0 Å². The molecule has 2 fully saturated rings. The van der Waals surface area contributed by atoms with E-state index < -0.39 is 0 Å². The summed E-state index contributed by atoms with van der Waals surface area (Å²) >= 11 is 0. The van der Waals surface area contributed by atoms with Crippen LogP contribution in [0.5, 0.6) is 0 Å². The molecule has 2 unspecified atom stereocenters. The van der Waals surface area contributed by atoms with E-state index in [1.807, 2.05) is 4.90 Å². The minimum Gasteiger partial charge on any atom is -0.338 e. The Labute approximate surface area is 85.6 Å². The summed E-state index contributed by atoms with van der Waals surface area (Å²) in [6, 6.07) is 0.555. The summed E-state index contributed by atoms with van der Waals surface area (Å²) in [4.78, 5) is 14.0. The first-order valence-electron chi connectivity index (χ1n) is 5.64. The summed E-state index contributed by atoms with van der Waals surface area (Å²) in [6.07, 6.45) is 3.13. The van der Waals surface area contributed by atoms with E-state index in [1.165, 1.54) is 0 Å². The average Bonchev–Trinajstić information content (AvgIpc) is 2.39. The van der Waals surface area contributed by atoms with Crippen molar-refractivity contribution in [3.63, 3.8) is 0 Å². The third-order valence-electron chi connectivity index (χ3n) is 3.61. The second-order valence-electron chi connectivity index (χ2n) is 5.11. The minimum atomic E-state index is 0.200. The molecule has 1 saturated carbocycles.